The molecule has 0 unspecified atom stereocenters. The first-order valence-corrected chi connectivity index (χ1v) is 10.8. The fourth-order valence-corrected chi connectivity index (χ4v) is 5.23. The van der Waals surface area contributed by atoms with E-state index < -0.39 is 38.1 Å². The van der Waals surface area contributed by atoms with Gasteiger partial charge >= 0.3 is 5.97 Å². The Kier molecular flexibility index (Phi) is 5.03. The Labute approximate surface area is 171 Å². The fraction of sp³-hybridized carbons (Fsp3) is 0.238. The number of carboxylic acids is 1. The van der Waals surface area contributed by atoms with Crippen molar-refractivity contribution in [1.29, 1.82) is 0 Å². The van der Waals surface area contributed by atoms with Gasteiger partial charge in [-0.3, -0.25) is 0 Å². The summed E-state index contributed by atoms with van der Waals surface area (Å²) in [5.41, 5.74) is 0.431. The fourth-order valence-electron chi connectivity index (χ4n) is 3.68. The summed E-state index contributed by atoms with van der Waals surface area (Å²) in [7, 11) is -3.97. The minimum Gasteiger partial charge on any atom is -0.478 e. The van der Waals surface area contributed by atoms with E-state index in [1.165, 1.54) is 22.5 Å². The first kappa shape index (κ1) is 20.4. The molecule has 1 fully saturated rings. The van der Waals surface area contributed by atoms with Gasteiger partial charge in [0.2, 0.25) is 10.0 Å². The van der Waals surface area contributed by atoms with Gasteiger partial charge in [0.15, 0.2) is 0 Å². The summed E-state index contributed by atoms with van der Waals surface area (Å²) in [5, 5.41) is 9.83. The minimum absolute atomic E-state index is 0.000418. The topological polar surface area (TPSA) is 87.6 Å². The predicted molar refractivity (Wildman–Crippen MR) is 107 cm³/mol. The summed E-state index contributed by atoms with van der Waals surface area (Å²) in [4.78, 5) is 15.0. The maximum Gasteiger partial charge on any atom is 0.335 e. The zero-order valence-corrected chi connectivity index (χ0v) is 16.8. The second-order valence-electron chi connectivity index (χ2n) is 7.23. The molecule has 0 radical (unpaired) electrons. The van der Waals surface area contributed by atoms with E-state index in [2.05, 4.69) is 4.98 Å². The SMILES string of the molecule is Cc1cc(-c2c(F)cc(S(=O)(=O)N3CCCC3)cc2F)nc2cc(C(=O)O)ccc12. The van der Waals surface area contributed by atoms with Crippen LogP contribution in [-0.2, 0) is 10.0 Å². The van der Waals surface area contributed by atoms with Crippen LogP contribution in [0.15, 0.2) is 41.3 Å². The molecule has 2 heterocycles. The molecule has 0 amide bonds. The number of halogens is 2. The Bertz CT molecular complexity index is 1260. The molecule has 4 rings (SSSR count). The zero-order valence-electron chi connectivity index (χ0n) is 16.0. The van der Waals surface area contributed by atoms with Gasteiger partial charge in [-0.15, -0.1) is 0 Å². The number of nitrogens with zero attached hydrogens (tertiary/aromatic N) is 2. The smallest absolute Gasteiger partial charge is 0.335 e. The predicted octanol–water partition coefficient (Wildman–Crippen LogP) is 3.97. The van der Waals surface area contributed by atoms with E-state index >= 15 is 0 Å². The van der Waals surface area contributed by atoms with Crippen molar-refractivity contribution < 1.29 is 27.1 Å². The third-order valence-electron chi connectivity index (χ3n) is 5.24. The first-order valence-electron chi connectivity index (χ1n) is 9.33. The Morgan fingerprint density at radius 1 is 1.07 bits per heavy atom. The van der Waals surface area contributed by atoms with Crippen LogP contribution in [0.3, 0.4) is 0 Å². The van der Waals surface area contributed by atoms with Gasteiger partial charge < -0.3 is 5.11 Å². The molecule has 0 aliphatic carbocycles. The largest absolute Gasteiger partial charge is 0.478 e. The van der Waals surface area contributed by atoms with Gasteiger partial charge in [-0.1, -0.05) is 6.07 Å². The van der Waals surface area contributed by atoms with Crippen LogP contribution >= 0.6 is 0 Å². The van der Waals surface area contributed by atoms with Crippen LogP contribution in [0.4, 0.5) is 8.78 Å². The normalized spacial score (nSPS) is 15.0. The quantitative estimate of drug-likeness (QED) is 0.674. The van der Waals surface area contributed by atoms with E-state index in [4.69, 9.17) is 0 Å². The number of rotatable bonds is 4. The molecule has 3 aromatic rings. The lowest BCUT2D eigenvalue weighted by atomic mass is 10.0. The van der Waals surface area contributed by atoms with Crippen molar-refractivity contribution in [3.05, 3.63) is 59.2 Å². The highest BCUT2D eigenvalue weighted by Crippen LogP contribution is 2.32. The van der Waals surface area contributed by atoms with E-state index in [1.807, 2.05) is 0 Å². The Morgan fingerprint density at radius 2 is 1.70 bits per heavy atom. The maximum atomic E-state index is 14.9. The van der Waals surface area contributed by atoms with Crippen LogP contribution in [0.25, 0.3) is 22.2 Å². The summed E-state index contributed by atoms with van der Waals surface area (Å²) in [5.74, 6) is -3.24. The number of sulfonamides is 1. The van der Waals surface area contributed by atoms with Gasteiger partial charge in [-0.05, 0) is 55.7 Å². The van der Waals surface area contributed by atoms with Crippen LogP contribution in [0.1, 0.15) is 28.8 Å². The van der Waals surface area contributed by atoms with E-state index in [1.54, 1.807) is 13.0 Å². The number of carbonyl (C=O) groups is 1. The monoisotopic (exact) mass is 432 g/mol. The minimum atomic E-state index is -3.97. The molecule has 1 N–H and O–H groups in total. The third-order valence-corrected chi connectivity index (χ3v) is 7.11. The second-order valence-corrected chi connectivity index (χ2v) is 9.17. The number of aromatic carboxylic acids is 1. The van der Waals surface area contributed by atoms with Crippen molar-refractivity contribution in [1.82, 2.24) is 9.29 Å². The molecule has 156 valence electrons. The molecular formula is C21H18F2N2O4S. The maximum absolute atomic E-state index is 14.9. The van der Waals surface area contributed by atoms with Gasteiger partial charge in [-0.25, -0.2) is 27.0 Å². The van der Waals surface area contributed by atoms with E-state index in [-0.39, 0.29) is 16.8 Å². The molecule has 1 aromatic heterocycles. The average molecular weight is 432 g/mol. The molecule has 0 saturated carbocycles. The summed E-state index contributed by atoms with van der Waals surface area (Å²) in [6.45, 7) is 2.37. The van der Waals surface area contributed by atoms with Gasteiger partial charge in [0, 0.05) is 18.5 Å². The van der Waals surface area contributed by atoms with Crippen LogP contribution in [0, 0.1) is 18.6 Å². The Morgan fingerprint density at radius 3 is 2.30 bits per heavy atom. The van der Waals surface area contributed by atoms with E-state index in [0.717, 1.165) is 12.1 Å². The molecular weight excluding hydrogens is 414 g/mol. The Balaban J connectivity index is 1.84. The highest BCUT2D eigenvalue weighted by Gasteiger charge is 2.29. The number of carboxylic acid groups (broad SMARTS) is 1. The highest BCUT2D eigenvalue weighted by molar-refractivity contribution is 7.89. The van der Waals surface area contributed by atoms with Crippen molar-refractivity contribution in [2.45, 2.75) is 24.7 Å². The Hall–Kier alpha value is -2.91. The molecule has 9 heteroatoms. The van der Waals surface area contributed by atoms with Gasteiger partial charge in [0.05, 0.1) is 27.2 Å². The molecule has 1 aliphatic heterocycles. The summed E-state index contributed by atoms with van der Waals surface area (Å²) < 4.78 is 56.3. The molecule has 2 aromatic carbocycles. The van der Waals surface area contributed by atoms with Crippen LogP contribution in [0.5, 0.6) is 0 Å². The van der Waals surface area contributed by atoms with E-state index in [0.29, 0.717) is 36.9 Å². The standard InChI is InChI=1S/C21H18F2N2O4S/c1-12-8-19(24-18-9-13(21(26)27)4-5-15(12)18)20-16(22)10-14(11-17(20)23)30(28,29)25-6-2-3-7-25/h4-5,8-11H,2-3,6-7H2,1H3,(H,26,27). The lowest BCUT2D eigenvalue weighted by Gasteiger charge is -2.16. The van der Waals surface area contributed by atoms with E-state index in [9.17, 15) is 27.1 Å². The molecule has 30 heavy (non-hydrogen) atoms. The average Bonchev–Trinajstić information content (AvgIpc) is 3.22. The number of aryl methyl sites for hydroxylation is 1. The molecule has 0 atom stereocenters. The number of hydrogen-bond acceptors (Lipinski definition) is 4. The molecule has 1 aliphatic rings. The molecule has 1 saturated heterocycles. The van der Waals surface area contributed by atoms with Crippen molar-refractivity contribution >= 4 is 26.9 Å². The lowest BCUT2D eigenvalue weighted by molar-refractivity contribution is 0.0697. The van der Waals surface area contributed by atoms with Crippen molar-refractivity contribution in [3.8, 4) is 11.3 Å². The van der Waals surface area contributed by atoms with Crippen LogP contribution in [0.2, 0.25) is 0 Å². The summed E-state index contributed by atoms with van der Waals surface area (Å²) in [6, 6.07) is 7.44. The number of pyridine rings is 1. The number of hydrogen-bond donors (Lipinski definition) is 1. The lowest BCUT2D eigenvalue weighted by Crippen LogP contribution is -2.28. The van der Waals surface area contributed by atoms with Crippen LogP contribution < -0.4 is 0 Å². The van der Waals surface area contributed by atoms with Crippen molar-refractivity contribution in [2.75, 3.05) is 13.1 Å². The van der Waals surface area contributed by atoms with Gasteiger partial charge in [0.25, 0.3) is 0 Å². The molecule has 0 spiro atoms. The molecule has 0 bridgehead atoms. The second kappa shape index (κ2) is 7.41. The van der Waals surface area contributed by atoms with Crippen molar-refractivity contribution in [3.63, 3.8) is 0 Å². The van der Waals surface area contributed by atoms with Gasteiger partial charge in [-0.2, -0.15) is 4.31 Å². The van der Waals surface area contributed by atoms with Crippen molar-refractivity contribution in [2.24, 2.45) is 0 Å². The zero-order chi connectivity index (χ0) is 21.6. The first-order chi connectivity index (χ1) is 14.2. The van der Waals surface area contributed by atoms with Crippen LogP contribution in [-0.4, -0.2) is 41.9 Å². The molecule has 6 nitrogen and oxygen atoms in total. The summed E-state index contributed by atoms with van der Waals surface area (Å²) >= 11 is 0. The number of benzene rings is 2. The third kappa shape index (κ3) is 3.44. The number of fused-ring (bicyclic) bond motifs is 1. The summed E-state index contributed by atoms with van der Waals surface area (Å²) in [6.07, 6.45) is 1.42. The number of aromatic nitrogens is 1. The highest BCUT2D eigenvalue weighted by atomic mass is 32.2. The van der Waals surface area contributed by atoms with Gasteiger partial charge in [0.1, 0.15) is 11.6 Å².